The molecule has 2 heteroatoms. The number of anilines is 2. The van der Waals surface area contributed by atoms with E-state index in [4.69, 9.17) is 0 Å². The molecule has 0 aromatic heterocycles. The van der Waals surface area contributed by atoms with Gasteiger partial charge in [0.15, 0.2) is 0 Å². The molecule has 0 bridgehead atoms. The Kier molecular flexibility index (Phi) is 5.03. The van der Waals surface area contributed by atoms with Gasteiger partial charge in [-0.2, -0.15) is 0 Å². The van der Waals surface area contributed by atoms with E-state index in [9.17, 15) is 0 Å². The van der Waals surface area contributed by atoms with Crippen LogP contribution >= 0.6 is 15.9 Å². The minimum Gasteiger partial charge on any atom is -0.356 e. The minimum atomic E-state index is 1.01. The number of hydrogen-bond acceptors (Lipinski definition) is 1. The minimum absolute atomic E-state index is 1.01. The summed E-state index contributed by atoms with van der Waals surface area (Å²) < 4.78 is 0. The molecule has 0 atom stereocenters. The summed E-state index contributed by atoms with van der Waals surface area (Å²) in [6.07, 6.45) is 5.38. The Balaban J connectivity index is 2.00. The average Bonchev–Trinajstić information content (AvgIpc) is 2.42. The van der Waals surface area contributed by atoms with Crippen molar-refractivity contribution in [3.8, 4) is 0 Å². The maximum absolute atomic E-state index is 3.41. The highest BCUT2D eigenvalue weighted by atomic mass is 79.9. The molecule has 0 saturated heterocycles. The molecule has 0 radical (unpaired) electrons. The van der Waals surface area contributed by atoms with E-state index >= 15 is 0 Å². The number of benzene rings is 2. The molecule has 2 aromatic rings. The lowest BCUT2D eigenvalue weighted by Gasteiger charge is -2.06. The van der Waals surface area contributed by atoms with Crippen molar-refractivity contribution < 1.29 is 0 Å². The summed E-state index contributed by atoms with van der Waals surface area (Å²) in [4.78, 5) is 0. The van der Waals surface area contributed by atoms with Crippen LogP contribution in [-0.2, 0) is 0 Å². The molecular weight excluding hydrogens is 286 g/mol. The monoisotopic (exact) mass is 301 g/mol. The van der Waals surface area contributed by atoms with E-state index in [0.29, 0.717) is 0 Å². The Morgan fingerprint density at radius 2 is 1.56 bits per heavy atom. The first-order valence-corrected chi connectivity index (χ1v) is 7.15. The molecule has 2 rings (SSSR count). The van der Waals surface area contributed by atoms with Gasteiger partial charge in [-0.05, 0) is 36.2 Å². The molecule has 0 aliphatic carbocycles. The fourth-order valence-electron chi connectivity index (χ4n) is 1.65. The Hall–Kier alpha value is -1.54. The molecule has 0 unspecified atom stereocenters. The smallest absolute Gasteiger partial charge is 0.0384 e. The predicted octanol–water partition coefficient (Wildman–Crippen LogP) is 5.23. The van der Waals surface area contributed by atoms with Crippen LogP contribution in [0.15, 0.2) is 60.7 Å². The predicted molar refractivity (Wildman–Crippen MR) is 83.6 cm³/mol. The van der Waals surface area contributed by atoms with Gasteiger partial charge in [-0.15, -0.1) is 0 Å². The lowest BCUT2D eigenvalue weighted by Crippen LogP contribution is -1.89. The number of halogens is 1. The molecule has 0 amide bonds. The van der Waals surface area contributed by atoms with Crippen LogP contribution in [0.5, 0.6) is 0 Å². The van der Waals surface area contributed by atoms with Crippen LogP contribution in [0.25, 0.3) is 6.08 Å². The van der Waals surface area contributed by atoms with Crippen molar-refractivity contribution in [3.63, 3.8) is 0 Å². The van der Waals surface area contributed by atoms with E-state index in [0.717, 1.165) is 23.1 Å². The molecule has 0 aliphatic rings. The molecule has 0 fully saturated rings. The summed E-state index contributed by atoms with van der Waals surface area (Å²) in [5, 5.41) is 4.38. The van der Waals surface area contributed by atoms with E-state index in [1.165, 1.54) is 5.56 Å². The second kappa shape index (κ2) is 7.02. The van der Waals surface area contributed by atoms with Gasteiger partial charge in [-0.1, -0.05) is 58.4 Å². The highest BCUT2D eigenvalue weighted by Crippen LogP contribution is 2.17. The summed E-state index contributed by atoms with van der Waals surface area (Å²) in [5.74, 6) is 0. The second-order valence-electron chi connectivity index (χ2n) is 3.99. The van der Waals surface area contributed by atoms with Gasteiger partial charge in [0.05, 0.1) is 0 Å². The molecule has 0 aliphatic heterocycles. The molecule has 92 valence electrons. The quantitative estimate of drug-likeness (QED) is 0.746. The highest BCUT2D eigenvalue weighted by molar-refractivity contribution is 9.09. The lowest BCUT2D eigenvalue weighted by atomic mass is 10.2. The highest BCUT2D eigenvalue weighted by Gasteiger charge is 1.93. The van der Waals surface area contributed by atoms with Gasteiger partial charge in [0.2, 0.25) is 0 Å². The zero-order valence-electron chi connectivity index (χ0n) is 10.1. The first kappa shape index (κ1) is 12.9. The van der Waals surface area contributed by atoms with Crippen molar-refractivity contribution in [1.82, 2.24) is 0 Å². The largest absolute Gasteiger partial charge is 0.356 e. The lowest BCUT2D eigenvalue weighted by molar-refractivity contribution is 1.27. The van der Waals surface area contributed by atoms with Gasteiger partial charge in [0, 0.05) is 16.7 Å². The topological polar surface area (TPSA) is 12.0 Å². The van der Waals surface area contributed by atoms with Crippen LogP contribution < -0.4 is 5.32 Å². The molecule has 0 heterocycles. The third-order valence-electron chi connectivity index (χ3n) is 2.56. The molecule has 0 saturated carbocycles. The Morgan fingerprint density at radius 1 is 0.889 bits per heavy atom. The van der Waals surface area contributed by atoms with Crippen molar-refractivity contribution in [1.29, 1.82) is 0 Å². The number of alkyl halides is 1. The van der Waals surface area contributed by atoms with E-state index in [2.05, 4.69) is 69.8 Å². The zero-order chi connectivity index (χ0) is 12.6. The summed E-state index contributed by atoms with van der Waals surface area (Å²) in [7, 11) is 0. The number of allylic oxidation sites excluding steroid dienone is 1. The molecule has 18 heavy (non-hydrogen) atoms. The second-order valence-corrected chi connectivity index (χ2v) is 4.79. The number of rotatable bonds is 5. The number of nitrogens with one attached hydrogen (secondary N) is 1. The van der Waals surface area contributed by atoms with E-state index in [1.807, 2.05) is 18.2 Å². The third kappa shape index (κ3) is 4.04. The summed E-state index contributed by atoms with van der Waals surface area (Å²) in [5.41, 5.74) is 3.45. The van der Waals surface area contributed by atoms with E-state index in [-0.39, 0.29) is 0 Å². The fraction of sp³-hybridized carbons (Fsp3) is 0.125. The van der Waals surface area contributed by atoms with Gasteiger partial charge in [-0.25, -0.2) is 0 Å². The standard InChI is InChI=1S/C16H16BrN/c17-13-5-4-6-14-9-11-16(12-10-14)18-15-7-2-1-3-8-15/h1-4,6-12,18H,5,13H2. The van der Waals surface area contributed by atoms with Crippen molar-refractivity contribution in [2.45, 2.75) is 6.42 Å². The summed E-state index contributed by atoms with van der Waals surface area (Å²) >= 11 is 3.41. The summed E-state index contributed by atoms with van der Waals surface area (Å²) in [6.45, 7) is 0. The van der Waals surface area contributed by atoms with Crippen LogP contribution in [0.2, 0.25) is 0 Å². The van der Waals surface area contributed by atoms with Gasteiger partial charge in [-0.3, -0.25) is 0 Å². The normalized spacial score (nSPS) is 10.7. The molecule has 1 nitrogen and oxygen atoms in total. The average molecular weight is 302 g/mol. The van der Waals surface area contributed by atoms with Gasteiger partial charge in [0.1, 0.15) is 0 Å². The third-order valence-corrected chi connectivity index (χ3v) is 3.02. The molecule has 0 spiro atoms. The van der Waals surface area contributed by atoms with Crippen LogP contribution in [0.3, 0.4) is 0 Å². The van der Waals surface area contributed by atoms with E-state index in [1.54, 1.807) is 0 Å². The van der Waals surface area contributed by atoms with Crippen LogP contribution in [0.1, 0.15) is 12.0 Å². The van der Waals surface area contributed by atoms with Crippen molar-refractivity contribution in [3.05, 3.63) is 66.2 Å². The Morgan fingerprint density at radius 3 is 2.22 bits per heavy atom. The van der Waals surface area contributed by atoms with Crippen LogP contribution in [-0.4, -0.2) is 5.33 Å². The SMILES string of the molecule is BrCCC=Cc1ccc(Nc2ccccc2)cc1. The Bertz CT molecular complexity index is 488. The van der Waals surface area contributed by atoms with E-state index < -0.39 is 0 Å². The van der Waals surface area contributed by atoms with Gasteiger partial charge >= 0.3 is 0 Å². The van der Waals surface area contributed by atoms with Crippen molar-refractivity contribution in [2.24, 2.45) is 0 Å². The number of hydrogen-bond donors (Lipinski definition) is 1. The maximum atomic E-state index is 3.41. The fourth-order valence-corrected chi connectivity index (χ4v) is 1.91. The first-order valence-electron chi connectivity index (χ1n) is 6.03. The first-order chi connectivity index (χ1) is 8.88. The molecule has 1 N–H and O–H groups in total. The Labute approximate surface area is 117 Å². The van der Waals surface area contributed by atoms with Crippen LogP contribution in [0.4, 0.5) is 11.4 Å². The van der Waals surface area contributed by atoms with Crippen molar-refractivity contribution in [2.75, 3.05) is 10.6 Å². The van der Waals surface area contributed by atoms with Crippen molar-refractivity contribution >= 4 is 33.4 Å². The van der Waals surface area contributed by atoms with Gasteiger partial charge in [0.25, 0.3) is 0 Å². The zero-order valence-corrected chi connectivity index (χ0v) is 11.7. The number of para-hydroxylation sites is 1. The van der Waals surface area contributed by atoms with Gasteiger partial charge < -0.3 is 5.32 Å². The molecular formula is C16H16BrN. The maximum Gasteiger partial charge on any atom is 0.0384 e. The van der Waals surface area contributed by atoms with Crippen LogP contribution in [0, 0.1) is 0 Å². The summed E-state index contributed by atoms with van der Waals surface area (Å²) in [6, 6.07) is 18.6. The molecule has 2 aromatic carbocycles.